The lowest BCUT2D eigenvalue weighted by atomic mass is 10.1. The third-order valence-corrected chi connectivity index (χ3v) is 5.43. The minimum absolute atomic E-state index is 0.0981. The van der Waals surface area contributed by atoms with Gasteiger partial charge in [0.25, 0.3) is 11.8 Å². The predicted octanol–water partition coefficient (Wildman–Crippen LogP) is 5.07. The molecule has 0 aliphatic carbocycles. The Morgan fingerprint density at radius 1 is 1.17 bits per heavy atom. The molecule has 0 radical (unpaired) electrons. The number of rotatable bonds is 4. The van der Waals surface area contributed by atoms with Crippen molar-refractivity contribution < 1.29 is 9.59 Å². The first-order valence-corrected chi connectivity index (χ1v) is 10.5. The van der Waals surface area contributed by atoms with Gasteiger partial charge in [-0.2, -0.15) is 5.10 Å². The van der Waals surface area contributed by atoms with E-state index in [1.807, 2.05) is 6.08 Å². The molecule has 0 spiro atoms. The van der Waals surface area contributed by atoms with Crippen LogP contribution in [0.5, 0.6) is 0 Å². The summed E-state index contributed by atoms with van der Waals surface area (Å²) in [5.74, 6) is -0.615. The third-order valence-electron chi connectivity index (χ3n) is 3.84. The maximum Gasteiger partial charge on any atom is 0.274 e. The lowest BCUT2D eigenvalue weighted by Crippen LogP contribution is -2.23. The number of aromatic nitrogens is 2. The van der Waals surface area contributed by atoms with Crippen molar-refractivity contribution in [3.8, 4) is 0 Å². The molecule has 11 heteroatoms. The second kappa shape index (κ2) is 9.25. The number of nitrogens with zero attached hydrogens (tertiary/aromatic N) is 3. The quantitative estimate of drug-likeness (QED) is 0.546. The number of halogens is 4. The monoisotopic (exact) mass is 559 g/mol. The molecule has 0 saturated heterocycles. The molecule has 0 fully saturated rings. The van der Waals surface area contributed by atoms with Gasteiger partial charge in [0.1, 0.15) is 5.69 Å². The van der Waals surface area contributed by atoms with Crippen LogP contribution in [0.3, 0.4) is 0 Å². The molecule has 1 aliphatic heterocycles. The molecular weight excluding hydrogens is 549 g/mol. The fourth-order valence-electron chi connectivity index (χ4n) is 2.54. The first-order valence-electron chi connectivity index (χ1n) is 8.18. The summed E-state index contributed by atoms with van der Waals surface area (Å²) in [6.45, 7) is 0. The van der Waals surface area contributed by atoms with Crippen molar-refractivity contribution in [2.45, 2.75) is 6.42 Å². The van der Waals surface area contributed by atoms with E-state index in [0.717, 1.165) is 0 Å². The summed E-state index contributed by atoms with van der Waals surface area (Å²) in [6, 6.07) is 4.71. The lowest BCUT2D eigenvalue weighted by Gasteiger charge is -2.14. The molecule has 3 rings (SSSR count). The summed E-state index contributed by atoms with van der Waals surface area (Å²) in [7, 11) is 1.50. The van der Waals surface area contributed by atoms with Gasteiger partial charge in [0.15, 0.2) is 11.0 Å². The van der Waals surface area contributed by atoms with E-state index in [9.17, 15) is 9.59 Å². The number of amides is 2. The van der Waals surface area contributed by atoms with E-state index in [1.165, 1.54) is 17.8 Å². The Kier molecular flexibility index (Phi) is 6.94. The van der Waals surface area contributed by atoms with Crippen LogP contribution >= 0.6 is 55.1 Å². The molecule has 2 heterocycles. The van der Waals surface area contributed by atoms with E-state index in [4.69, 9.17) is 23.2 Å². The number of allylic oxidation sites excluding steroid dienone is 3. The van der Waals surface area contributed by atoms with Crippen LogP contribution in [0.25, 0.3) is 5.82 Å². The summed E-state index contributed by atoms with van der Waals surface area (Å²) < 4.78 is 2.46. The summed E-state index contributed by atoms with van der Waals surface area (Å²) in [6.07, 6.45) is 5.57. The Morgan fingerprint density at radius 2 is 1.93 bits per heavy atom. The van der Waals surface area contributed by atoms with E-state index in [1.54, 1.807) is 24.4 Å². The van der Waals surface area contributed by atoms with E-state index in [2.05, 4.69) is 52.6 Å². The summed E-state index contributed by atoms with van der Waals surface area (Å²) in [4.78, 5) is 29.6. The Bertz CT molecular complexity index is 1090. The topological polar surface area (TPSA) is 88.4 Å². The molecule has 0 bridgehead atoms. The standard InChI is InChI=1S/C18H13Br2Cl2N5O2/c1-23-17(28)10-6-9(19)7-11(20)15(10)25-18(29)13-8-14(22)26-27(13)16-12(21)4-2-3-5-24-16/h2-3,5-8H,4H2,1H3,(H,23,28)(H,25,29). The van der Waals surface area contributed by atoms with Crippen molar-refractivity contribution in [2.75, 3.05) is 12.4 Å². The second-order valence-electron chi connectivity index (χ2n) is 5.75. The average Bonchev–Trinajstić information content (AvgIpc) is 2.93. The lowest BCUT2D eigenvalue weighted by molar-refractivity contribution is 0.0964. The maximum atomic E-state index is 13.1. The van der Waals surface area contributed by atoms with Crippen LogP contribution in [0.15, 0.2) is 49.3 Å². The molecule has 7 nitrogen and oxygen atoms in total. The number of aliphatic imine (C=N–C) groups is 1. The minimum Gasteiger partial charge on any atom is -0.355 e. The predicted molar refractivity (Wildman–Crippen MR) is 122 cm³/mol. The highest BCUT2D eigenvalue weighted by atomic mass is 79.9. The van der Waals surface area contributed by atoms with Gasteiger partial charge in [0.2, 0.25) is 0 Å². The SMILES string of the molecule is CNC(=O)c1cc(Br)cc(Br)c1NC(=O)c1cc(Cl)nn1C1=C(Cl)CC=CC=N1. The number of hydrogen-bond acceptors (Lipinski definition) is 4. The van der Waals surface area contributed by atoms with Gasteiger partial charge < -0.3 is 10.6 Å². The molecule has 0 atom stereocenters. The van der Waals surface area contributed by atoms with E-state index in [-0.39, 0.29) is 28.1 Å². The molecule has 29 heavy (non-hydrogen) atoms. The molecule has 2 aromatic rings. The largest absolute Gasteiger partial charge is 0.355 e. The first-order chi connectivity index (χ1) is 13.8. The molecule has 1 aliphatic rings. The summed E-state index contributed by atoms with van der Waals surface area (Å²) in [5.41, 5.74) is 0.681. The molecule has 1 aromatic heterocycles. The number of benzene rings is 1. The molecular formula is C18H13Br2Cl2N5O2. The van der Waals surface area contributed by atoms with Crippen molar-refractivity contribution in [1.82, 2.24) is 15.1 Å². The van der Waals surface area contributed by atoms with Crippen molar-refractivity contribution in [2.24, 2.45) is 4.99 Å². The average molecular weight is 562 g/mol. The van der Waals surface area contributed by atoms with Crippen LogP contribution in [0, 0.1) is 0 Å². The summed E-state index contributed by atoms with van der Waals surface area (Å²) in [5, 5.41) is 9.93. The zero-order valence-electron chi connectivity index (χ0n) is 14.8. The Labute approximate surface area is 193 Å². The maximum absolute atomic E-state index is 13.1. The van der Waals surface area contributed by atoms with Crippen LogP contribution in [-0.2, 0) is 0 Å². The number of anilines is 1. The van der Waals surface area contributed by atoms with Gasteiger partial charge >= 0.3 is 0 Å². The van der Waals surface area contributed by atoms with Gasteiger partial charge in [-0.3, -0.25) is 9.59 Å². The van der Waals surface area contributed by atoms with Crippen molar-refractivity contribution in [3.05, 3.63) is 60.7 Å². The normalized spacial score (nSPS) is 13.4. The highest BCUT2D eigenvalue weighted by molar-refractivity contribution is 9.11. The molecule has 1 aromatic carbocycles. The fraction of sp³-hybridized carbons (Fsp3) is 0.111. The number of nitrogens with one attached hydrogen (secondary N) is 2. The first kappa shape index (κ1) is 21.8. The van der Waals surface area contributed by atoms with Gasteiger partial charge in [0.05, 0.1) is 16.3 Å². The molecule has 0 unspecified atom stereocenters. The van der Waals surface area contributed by atoms with Crippen LogP contribution in [-0.4, -0.2) is 34.9 Å². The van der Waals surface area contributed by atoms with Gasteiger partial charge in [-0.15, -0.1) is 0 Å². The Hall–Kier alpha value is -1.94. The molecule has 2 N–H and O–H groups in total. The van der Waals surface area contributed by atoms with Gasteiger partial charge in [-0.05, 0) is 34.1 Å². The highest BCUT2D eigenvalue weighted by Gasteiger charge is 2.23. The van der Waals surface area contributed by atoms with E-state index < -0.39 is 5.91 Å². The highest BCUT2D eigenvalue weighted by Crippen LogP contribution is 2.32. The van der Waals surface area contributed by atoms with Crippen molar-refractivity contribution in [3.63, 3.8) is 0 Å². The number of hydrogen-bond donors (Lipinski definition) is 2. The van der Waals surface area contributed by atoms with Crippen LogP contribution in [0.1, 0.15) is 27.3 Å². The smallest absolute Gasteiger partial charge is 0.274 e. The van der Waals surface area contributed by atoms with Crippen molar-refractivity contribution >= 4 is 84.6 Å². The van der Waals surface area contributed by atoms with E-state index in [0.29, 0.717) is 26.1 Å². The zero-order chi connectivity index (χ0) is 21.1. The third kappa shape index (κ3) is 4.80. The van der Waals surface area contributed by atoms with E-state index >= 15 is 0 Å². The van der Waals surface area contributed by atoms with Gasteiger partial charge in [-0.1, -0.05) is 45.2 Å². The Morgan fingerprint density at radius 3 is 2.66 bits per heavy atom. The number of carbonyl (C=O) groups is 2. The summed E-state index contributed by atoms with van der Waals surface area (Å²) >= 11 is 19.1. The molecule has 0 saturated carbocycles. The Balaban J connectivity index is 2.03. The van der Waals surface area contributed by atoms with Gasteiger partial charge in [-0.25, -0.2) is 9.67 Å². The zero-order valence-corrected chi connectivity index (χ0v) is 19.5. The van der Waals surface area contributed by atoms with Crippen LogP contribution in [0.2, 0.25) is 5.15 Å². The van der Waals surface area contributed by atoms with Gasteiger partial charge in [0, 0.05) is 34.7 Å². The van der Waals surface area contributed by atoms with Crippen LogP contribution < -0.4 is 10.6 Å². The minimum atomic E-state index is -0.540. The number of carbonyl (C=O) groups excluding carboxylic acids is 2. The van der Waals surface area contributed by atoms with Crippen LogP contribution in [0.4, 0.5) is 5.69 Å². The fourth-order valence-corrected chi connectivity index (χ4v) is 4.27. The molecule has 2 amide bonds. The van der Waals surface area contributed by atoms with Crippen molar-refractivity contribution in [1.29, 1.82) is 0 Å². The molecule has 150 valence electrons. The second-order valence-corrected chi connectivity index (χ2v) is 8.36.